The number of hydrogen-bond acceptors (Lipinski definition) is 7. The summed E-state index contributed by atoms with van der Waals surface area (Å²) in [6.45, 7) is 12.3. The van der Waals surface area contributed by atoms with Gasteiger partial charge in [0, 0.05) is 59.0 Å². The fraction of sp³-hybridized carbons (Fsp3) is 0.447. The maximum atomic E-state index is 11.2. The molecule has 49 heavy (non-hydrogen) atoms. The molecule has 2 aliphatic heterocycles. The monoisotopic (exact) mass is 714 g/mol. The Morgan fingerprint density at radius 2 is 1.39 bits per heavy atom. The second kappa shape index (κ2) is 15.5. The van der Waals surface area contributed by atoms with Crippen molar-refractivity contribution in [2.75, 3.05) is 29.5 Å². The molecule has 0 fully saturated rings. The predicted octanol–water partition coefficient (Wildman–Crippen LogP) is 3.99. The van der Waals surface area contributed by atoms with Crippen LogP contribution >= 0.6 is 0 Å². The molecule has 5 rings (SSSR count). The standard InChI is InChI=1S/C38H48N2O6S2.Na/c1-28-29(20-22-35-37(2,3)31-14-6-8-16-33(31)39(35)24-10-12-26-47(41,42)43)18-19-30(28)21-23-36-38(4,5)32-15-7-9-17-34(32)40(36)25-11-13-27-48(44,45)46;/h6-9,14-17,20-23H,10-13,18-19,24-27H2,1-5H3,(H-,41,42,43,44,45,46);/q;+1/p-1. The van der Waals surface area contributed by atoms with Gasteiger partial charge in [0.25, 0.3) is 0 Å². The van der Waals surface area contributed by atoms with Gasteiger partial charge in [-0.2, -0.15) is 4.58 Å². The van der Waals surface area contributed by atoms with E-state index in [9.17, 15) is 25.9 Å². The van der Waals surface area contributed by atoms with Crippen LogP contribution in [0.4, 0.5) is 11.4 Å². The molecule has 3 aliphatic rings. The summed E-state index contributed by atoms with van der Waals surface area (Å²) in [5, 5.41) is 0. The van der Waals surface area contributed by atoms with Crippen molar-refractivity contribution in [3.8, 4) is 0 Å². The first-order valence-electron chi connectivity index (χ1n) is 16.8. The fourth-order valence-corrected chi connectivity index (χ4v) is 8.60. The van der Waals surface area contributed by atoms with Crippen molar-refractivity contribution in [1.82, 2.24) is 0 Å². The van der Waals surface area contributed by atoms with Crippen LogP contribution in [0.3, 0.4) is 0 Å². The third-order valence-electron chi connectivity index (χ3n) is 10.2. The van der Waals surface area contributed by atoms with Crippen molar-refractivity contribution in [3.05, 3.63) is 106 Å². The number of rotatable bonds is 13. The number of benzene rings is 2. The van der Waals surface area contributed by atoms with E-state index in [1.165, 1.54) is 27.8 Å². The molecule has 2 heterocycles. The van der Waals surface area contributed by atoms with E-state index in [1.807, 2.05) is 24.3 Å². The first-order valence-corrected chi connectivity index (χ1v) is 19.9. The van der Waals surface area contributed by atoms with Crippen LogP contribution in [-0.4, -0.2) is 60.8 Å². The van der Waals surface area contributed by atoms with Crippen molar-refractivity contribution in [2.24, 2.45) is 0 Å². The largest absolute Gasteiger partial charge is 1.00 e. The van der Waals surface area contributed by atoms with Gasteiger partial charge in [-0.3, -0.25) is 0 Å². The van der Waals surface area contributed by atoms with Crippen molar-refractivity contribution in [1.29, 1.82) is 0 Å². The van der Waals surface area contributed by atoms with E-state index in [0.29, 0.717) is 38.8 Å². The number of unbranched alkanes of at least 4 members (excludes halogenated alkanes) is 2. The summed E-state index contributed by atoms with van der Waals surface area (Å²) in [4.78, 5) is 2.27. The summed E-state index contributed by atoms with van der Waals surface area (Å²) in [5.74, 6) is -0.692. The van der Waals surface area contributed by atoms with E-state index < -0.39 is 20.2 Å². The van der Waals surface area contributed by atoms with Crippen molar-refractivity contribution >= 4 is 37.3 Å². The number of allylic oxidation sites excluding steroid dienone is 8. The SMILES string of the molecule is CC1=C(/C=C/C2=[N+](CCCCS(=O)(=O)[O-])c3ccccc3C2(C)C)CC/C1=C\C=C1\N(CCCCS(=O)(=O)[O-])c2ccccc2C1(C)C.[Na+]. The van der Waals surface area contributed by atoms with Gasteiger partial charge >= 0.3 is 29.6 Å². The summed E-state index contributed by atoms with van der Waals surface area (Å²) in [6, 6.07) is 16.7. The number of nitrogens with zero attached hydrogens (tertiary/aromatic N) is 2. The maximum Gasteiger partial charge on any atom is 1.00 e. The third kappa shape index (κ3) is 8.95. The molecule has 8 nitrogen and oxygen atoms in total. The molecule has 0 unspecified atom stereocenters. The molecule has 0 amide bonds. The van der Waals surface area contributed by atoms with Crippen LogP contribution in [0.5, 0.6) is 0 Å². The average Bonchev–Trinajstić information content (AvgIpc) is 3.54. The Labute approximate surface area is 315 Å². The Morgan fingerprint density at radius 3 is 2.06 bits per heavy atom. The summed E-state index contributed by atoms with van der Waals surface area (Å²) >= 11 is 0. The Kier molecular flexibility index (Phi) is 12.5. The fourth-order valence-electron chi connectivity index (χ4n) is 7.49. The minimum atomic E-state index is -4.23. The molecule has 0 atom stereocenters. The van der Waals surface area contributed by atoms with Crippen molar-refractivity contribution < 1.29 is 60.1 Å². The van der Waals surface area contributed by atoms with Gasteiger partial charge in [-0.1, -0.05) is 62.4 Å². The van der Waals surface area contributed by atoms with Gasteiger partial charge in [0.05, 0.1) is 25.7 Å². The third-order valence-corrected chi connectivity index (χ3v) is 11.7. The van der Waals surface area contributed by atoms with Crippen LogP contribution < -0.4 is 34.5 Å². The Bertz CT molecular complexity index is 1950. The molecule has 11 heteroatoms. The Hall–Kier alpha value is -2.31. The smallest absolute Gasteiger partial charge is 0.748 e. The van der Waals surface area contributed by atoms with Gasteiger partial charge in [0.2, 0.25) is 5.69 Å². The van der Waals surface area contributed by atoms with E-state index in [0.717, 1.165) is 35.6 Å². The molecule has 0 aromatic heterocycles. The molecule has 1 aliphatic carbocycles. The quantitative estimate of drug-likeness (QED) is 0.133. The minimum absolute atomic E-state index is 0. The number of hydrogen-bond donors (Lipinski definition) is 0. The molecule has 2 aromatic carbocycles. The first kappa shape index (κ1) is 39.5. The first-order chi connectivity index (χ1) is 22.5. The average molecular weight is 715 g/mol. The molecule has 0 N–H and O–H groups in total. The summed E-state index contributed by atoms with van der Waals surface area (Å²) < 4.78 is 69.3. The van der Waals surface area contributed by atoms with Gasteiger partial charge in [-0.05, 0) is 87.3 Å². The number of anilines is 1. The topological polar surface area (TPSA) is 121 Å². The van der Waals surface area contributed by atoms with Crippen molar-refractivity contribution in [2.45, 2.75) is 84.0 Å². The zero-order valence-corrected chi connectivity index (χ0v) is 33.3. The second-order valence-corrected chi connectivity index (χ2v) is 17.2. The van der Waals surface area contributed by atoms with Crippen LogP contribution in [0.2, 0.25) is 0 Å². The van der Waals surface area contributed by atoms with Gasteiger partial charge in [0.1, 0.15) is 6.54 Å². The number of fused-ring (bicyclic) bond motifs is 2. The Morgan fingerprint density at radius 1 is 0.776 bits per heavy atom. The second-order valence-electron chi connectivity index (χ2n) is 14.1. The molecule has 0 spiro atoms. The minimum Gasteiger partial charge on any atom is -0.748 e. The molecule has 258 valence electrons. The van der Waals surface area contributed by atoms with Crippen molar-refractivity contribution in [3.63, 3.8) is 0 Å². The van der Waals surface area contributed by atoms with E-state index in [4.69, 9.17) is 0 Å². The van der Waals surface area contributed by atoms with Gasteiger partial charge < -0.3 is 14.0 Å². The van der Waals surface area contributed by atoms with Crippen LogP contribution in [0, 0.1) is 0 Å². The molecular formula is C38H47N2NaO6S2. The maximum absolute atomic E-state index is 11.2. The van der Waals surface area contributed by atoms with E-state index >= 15 is 0 Å². The Balaban J connectivity index is 0.00000541. The molecule has 0 bridgehead atoms. The zero-order valence-electron chi connectivity index (χ0n) is 29.7. The zero-order chi connectivity index (χ0) is 34.9. The molecular weight excluding hydrogens is 668 g/mol. The van der Waals surface area contributed by atoms with Crippen LogP contribution in [-0.2, 0) is 31.1 Å². The van der Waals surface area contributed by atoms with Crippen LogP contribution in [0.15, 0.2) is 95.3 Å². The normalized spacial score (nSPS) is 20.1. The number of para-hydroxylation sites is 2. The van der Waals surface area contributed by atoms with E-state index in [2.05, 4.69) is 92.7 Å². The van der Waals surface area contributed by atoms with E-state index in [-0.39, 0.29) is 51.9 Å². The molecule has 0 saturated carbocycles. The van der Waals surface area contributed by atoms with Gasteiger partial charge in [-0.25, -0.2) is 16.8 Å². The van der Waals surface area contributed by atoms with Crippen LogP contribution in [0.1, 0.15) is 84.3 Å². The van der Waals surface area contributed by atoms with Gasteiger partial charge in [0.15, 0.2) is 5.71 Å². The van der Waals surface area contributed by atoms with E-state index in [1.54, 1.807) is 0 Å². The molecule has 0 saturated heterocycles. The van der Waals surface area contributed by atoms with Crippen LogP contribution in [0.25, 0.3) is 0 Å². The molecule has 0 radical (unpaired) electrons. The summed E-state index contributed by atoms with van der Waals surface area (Å²) in [5.41, 5.74) is 10.3. The van der Waals surface area contributed by atoms with Gasteiger partial charge in [-0.15, -0.1) is 0 Å². The molecule has 2 aromatic rings. The summed E-state index contributed by atoms with van der Waals surface area (Å²) in [6.07, 6.45) is 12.6. The summed E-state index contributed by atoms with van der Waals surface area (Å²) in [7, 11) is -8.46. The predicted molar refractivity (Wildman–Crippen MR) is 191 cm³/mol.